The van der Waals surface area contributed by atoms with Gasteiger partial charge in [-0.3, -0.25) is 9.29 Å². The summed E-state index contributed by atoms with van der Waals surface area (Å²) < 4.78 is 32.0. The van der Waals surface area contributed by atoms with Crippen LogP contribution in [0.25, 0.3) is 0 Å². The smallest absolute Gasteiger partial charge is 0.330 e. The summed E-state index contributed by atoms with van der Waals surface area (Å²) in [5.41, 5.74) is 1.24. The Hall–Kier alpha value is -2.41. The van der Waals surface area contributed by atoms with Crippen LogP contribution in [0.1, 0.15) is 26.3 Å². The topological polar surface area (TPSA) is 76.6 Å². The van der Waals surface area contributed by atoms with Gasteiger partial charge in [-0.15, -0.1) is 0 Å². The number of carbonyl (C=O) groups excluding carboxylic acids is 1. The van der Waals surface area contributed by atoms with E-state index in [1.807, 2.05) is 30.3 Å². The van der Waals surface area contributed by atoms with E-state index < -0.39 is 22.0 Å². The van der Waals surface area contributed by atoms with Gasteiger partial charge in [-0.2, -0.15) is 0 Å². The number of ether oxygens (including phenoxy) is 1. The fourth-order valence-corrected chi connectivity index (χ4v) is 3.97. The number of aromatic nitrogens is 1. The zero-order valence-electron chi connectivity index (χ0n) is 15.2. The highest BCUT2D eigenvalue weighted by Gasteiger charge is 2.37. The van der Waals surface area contributed by atoms with Gasteiger partial charge in [-0.05, 0) is 30.5 Å². The maximum atomic E-state index is 12.8. The quantitative estimate of drug-likeness (QED) is 0.662. The molecule has 1 aromatic heterocycles. The largest absolute Gasteiger partial charge is 0.459 e. The van der Waals surface area contributed by atoms with Crippen molar-refractivity contribution in [2.45, 2.75) is 33.4 Å². The Labute approximate surface area is 154 Å². The monoisotopic (exact) mass is 376 g/mol. The lowest BCUT2D eigenvalue weighted by molar-refractivity contribution is -0.147. The molecule has 0 aliphatic rings. The lowest BCUT2D eigenvalue weighted by atomic mass is 10.0. The highest BCUT2D eigenvalue weighted by Crippen LogP contribution is 2.25. The maximum absolute atomic E-state index is 12.8. The molecule has 0 spiro atoms. The second kappa shape index (κ2) is 8.80. The number of pyridine rings is 1. The standard InChI is InChI=1S/C19H24N2O4S/c1-4-26(23,24)21(17-10-12-20-13-11-17)18(15(2)3)19(22)25-14-16-8-6-5-7-9-16/h5-13,15,18H,4,14H2,1-3H3/t18-/m0/s1. The summed E-state index contributed by atoms with van der Waals surface area (Å²) >= 11 is 0. The fraction of sp³-hybridized carbons (Fsp3) is 0.368. The molecule has 26 heavy (non-hydrogen) atoms. The molecular weight excluding hydrogens is 352 g/mol. The minimum Gasteiger partial charge on any atom is -0.459 e. The minimum absolute atomic E-state index is 0.0965. The van der Waals surface area contributed by atoms with Crippen LogP contribution < -0.4 is 4.31 Å². The van der Waals surface area contributed by atoms with Crippen LogP contribution in [0.5, 0.6) is 0 Å². The third kappa shape index (κ3) is 4.82. The summed E-state index contributed by atoms with van der Waals surface area (Å²) in [6, 6.07) is 11.5. The van der Waals surface area contributed by atoms with Gasteiger partial charge >= 0.3 is 5.97 Å². The Kier molecular flexibility index (Phi) is 6.74. The van der Waals surface area contributed by atoms with Crippen molar-refractivity contribution in [3.8, 4) is 0 Å². The fourth-order valence-electron chi connectivity index (χ4n) is 2.58. The first-order chi connectivity index (χ1) is 12.4. The van der Waals surface area contributed by atoms with Crippen LogP contribution in [0.2, 0.25) is 0 Å². The molecule has 140 valence electrons. The van der Waals surface area contributed by atoms with Crippen LogP contribution in [-0.4, -0.2) is 31.2 Å². The minimum atomic E-state index is -3.68. The maximum Gasteiger partial charge on any atom is 0.330 e. The Balaban J connectivity index is 2.33. The average molecular weight is 376 g/mol. The molecule has 0 aliphatic carbocycles. The van der Waals surface area contributed by atoms with Crippen molar-refractivity contribution in [2.75, 3.05) is 10.1 Å². The molecule has 0 saturated heterocycles. The van der Waals surface area contributed by atoms with Gasteiger partial charge in [0.1, 0.15) is 12.6 Å². The molecule has 1 aromatic carbocycles. The van der Waals surface area contributed by atoms with Crippen molar-refractivity contribution < 1.29 is 17.9 Å². The second-order valence-corrected chi connectivity index (χ2v) is 8.32. The van der Waals surface area contributed by atoms with Crippen molar-refractivity contribution in [2.24, 2.45) is 5.92 Å². The Morgan fingerprint density at radius 3 is 2.27 bits per heavy atom. The van der Waals surface area contributed by atoms with Crippen molar-refractivity contribution in [1.82, 2.24) is 4.98 Å². The number of hydrogen-bond donors (Lipinski definition) is 0. The molecule has 0 radical (unpaired) electrons. The summed E-state index contributed by atoms with van der Waals surface area (Å²) in [4.78, 5) is 16.7. The van der Waals surface area contributed by atoms with E-state index in [2.05, 4.69) is 4.98 Å². The van der Waals surface area contributed by atoms with E-state index in [1.165, 1.54) is 12.4 Å². The number of anilines is 1. The van der Waals surface area contributed by atoms with Crippen molar-refractivity contribution in [3.05, 3.63) is 60.4 Å². The van der Waals surface area contributed by atoms with Crippen LogP contribution in [-0.2, 0) is 26.2 Å². The normalized spacial score (nSPS) is 12.6. The number of hydrogen-bond acceptors (Lipinski definition) is 5. The molecule has 0 fully saturated rings. The Morgan fingerprint density at radius 1 is 1.12 bits per heavy atom. The van der Waals surface area contributed by atoms with Gasteiger partial charge in [-0.1, -0.05) is 44.2 Å². The van der Waals surface area contributed by atoms with Crippen molar-refractivity contribution >= 4 is 21.7 Å². The van der Waals surface area contributed by atoms with E-state index in [0.29, 0.717) is 5.69 Å². The summed E-state index contributed by atoms with van der Waals surface area (Å²) in [5.74, 6) is -0.963. The predicted molar refractivity (Wildman–Crippen MR) is 101 cm³/mol. The van der Waals surface area contributed by atoms with Gasteiger partial charge in [-0.25, -0.2) is 13.2 Å². The van der Waals surface area contributed by atoms with Crippen LogP contribution in [0, 0.1) is 5.92 Å². The Bertz CT molecular complexity index is 808. The summed E-state index contributed by atoms with van der Waals surface area (Å²) in [6.45, 7) is 5.25. The number of nitrogens with zero attached hydrogens (tertiary/aromatic N) is 2. The van der Waals surface area contributed by atoms with E-state index in [0.717, 1.165) is 9.87 Å². The van der Waals surface area contributed by atoms with Crippen LogP contribution in [0.4, 0.5) is 5.69 Å². The molecule has 2 aromatic rings. The molecule has 0 N–H and O–H groups in total. The highest BCUT2D eigenvalue weighted by atomic mass is 32.2. The molecule has 1 heterocycles. The van der Waals surface area contributed by atoms with E-state index in [1.54, 1.807) is 32.9 Å². The molecule has 1 atom stereocenters. The van der Waals surface area contributed by atoms with Gasteiger partial charge in [0.25, 0.3) is 0 Å². The zero-order valence-corrected chi connectivity index (χ0v) is 16.0. The molecule has 7 heteroatoms. The van der Waals surface area contributed by atoms with Crippen LogP contribution >= 0.6 is 0 Å². The van der Waals surface area contributed by atoms with Crippen LogP contribution in [0.15, 0.2) is 54.9 Å². The highest BCUT2D eigenvalue weighted by molar-refractivity contribution is 7.92. The summed E-state index contributed by atoms with van der Waals surface area (Å²) in [6.07, 6.45) is 3.00. The summed E-state index contributed by atoms with van der Waals surface area (Å²) in [7, 11) is -3.68. The first-order valence-electron chi connectivity index (χ1n) is 8.49. The molecule has 6 nitrogen and oxygen atoms in total. The first-order valence-corrected chi connectivity index (χ1v) is 10.1. The van der Waals surface area contributed by atoms with E-state index in [-0.39, 0.29) is 18.3 Å². The second-order valence-electron chi connectivity index (χ2n) is 6.18. The van der Waals surface area contributed by atoms with Crippen molar-refractivity contribution in [3.63, 3.8) is 0 Å². The van der Waals surface area contributed by atoms with E-state index in [9.17, 15) is 13.2 Å². The molecule has 0 bridgehead atoms. The third-order valence-electron chi connectivity index (χ3n) is 3.93. The number of benzene rings is 1. The molecule has 0 unspecified atom stereocenters. The molecular formula is C19H24N2O4S. The van der Waals surface area contributed by atoms with Gasteiger partial charge in [0, 0.05) is 12.4 Å². The predicted octanol–water partition coefficient (Wildman–Crippen LogP) is 3.01. The molecule has 0 aliphatic heterocycles. The van der Waals surface area contributed by atoms with Gasteiger partial charge in [0.15, 0.2) is 0 Å². The van der Waals surface area contributed by atoms with Gasteiger partial charge in [0.2, 0.25) is 10.0 Å². The number of carbonyl (C=O) groups is 1. The van der Waals surface area contributed by atoms with E-state index >= 15 is 0 Å². The number of esters is 1. The third-order valence-corrected chi connectivity index (χ3v) is 5.70. The van der Waals surface area contributed by atoms with Gasteiger partial charge < -0.3 is 4.74 Å². The number of sulfonamides is 1. The number of rotatable bonds is 8. The SMILES string of the molecule is CCS(=O)(=O)N(c1ccncc1)[C@H](C(=O)OCc1ccccc1)C(C)C. The Morgan fingerprint density at radius 2 is 1.73 bits per heavy atom. The average Bonchev–Trinajstić information content (AvgIpc) is 2.65. The lowest BCUT2D eigenvalue weighted by Crippen LogP contribution is -2.49. The summed E-state index contributed by atoms with van der Waals surface area (Å²) in [5, 5.41) is 0. The van der Waals surface area contributed by atoms with Gasteiger partial charge in [0.05, 0.1) is 11.4 Å². The van der Waals surface area contributed by atoms with Crippen molar-refractivity contribution in [1.29, 1.82) is 0 Å². The lowest BCUT2D eigenvalue weighted by Gasteiger charge is -2.33. The van der Waals surface area contributed by atoms with E-state index in [4.69, 9.17) is 4.74 Å². The molecule has 2 rings (SSSR count). The molecule has 0 saturated carbocycles. The molecule has 0 amide bonds. The van der Waals surface area contributed by atoms with Crippen LogP contribution in [0.3, 0.4) is 0 Å². The first kappa shape index (κ1) is 19.9. The zero-order chi connectivity index (χ0) is 19.2.